The summed E-state index contributed by atoms with van der Waals surface area (Å²) >= 11 is 0. The summed E-state index contributed by atoms with van der Waals surface area (Å²) < 4.78 is 24.5. The Hall–Kier alpha value is -3.14. The summed E-state index contributed by atoms with van der Waals surface area (Å²) in [6.45, 7) is 3.71. The minimum atomic E-state index is -0.873. The Balaban J connectivity index is 1.45. The van der Waals surface area contributed by atoms with Gasteiger partial charge in [-0.1, -0.05) is 0 Å². The van der Waals surface area contributed by atoms with Gasteiger partial charge >= 0.3 is 0 Å². The van der Waals surface area contributed by atoms with Crippen LogP contribution in [0.15, 0.2) is 18.2 Å². The number of rotatable bonds is 5. The van der Waals surface area contributed by atoms with Gasteiger partial charge in [0, 0.05) is 39.0 Å². The average molecular weight is 430 g/mol. The van der Waals surface area contributed by atoms with Gasteiger partial charge in [0.2, 0.25) is 11.9 Å². The van der Waals surface area contributed by atoms with Gasteiger partial charge in [0.1, 0.15) is 17.5 Å². The highest BCUT2D eigenvalue weighted by Gasteiger charge is 2.44. The SMILES string of the molecule is COc1cc(O[C@]2(N)C[C@@H](Nc3nc(C)c4c(n3)N(C)[C@@H](C)C(=O)N4C)C2)ccc1F. The van der Waals surface area contributed by atoms with E-state index in [4.69, 9.17) is 15.2 Å². The van der Waals surface area contributed by atoms with Gasteiger partial charge in [-0.05, 0) is 26.0 Å². The summed E-state index contributed by atoms with van der Waals surface area (Å²) in [4.78, 5) is 25.1. The van der Waals surface area contributed by atoms with Gasteiger partial charge in [0.25, 0.3) is 0 Å². The highest BCUT2D eigenvalue weighted by atomic mass is 19.1. The quantitative estimate of drug-likeness (QED) is 0.695. The third-order valence-electron chi connectivity index (χ3n) is 5.94. The highest BCUT2D eigenvalue weighted by molar-refractivity contribution is 6.04. The van der Waals surface area contributed by atoms with Crippen molar-refractivity contribution in [2.45, 2.75) is 44.5 Å². The van der Waals surface area contributed by atoms with Gasteiger partial charge in [0.05, 0.1) is 12.8 Å². The molecule has 1 aliphatic carbocycles. The Morgan fingerprint density at radius 3 is 2.68 bits per heavy atom. The molecule has 9 nitrogen and oxygen atoms in total. The molecule has 3 N–H and O–H groups in total. The number of hydrogen-bond donors (Lipinski definition) is 2. The lowest BCUT2D eigenvalue weighted by molar-refractivity contribution is -0.119. The number of nitrogens with two attached hydrogens (primary N) is 1. The van der Waals surface area contributed by atoms with E-state index in [9.17, 15) is 9.18 Å². The normalized spacial score (nSPS) is 25.1. The second kappa shape index (κ2) is 7.52. The number of fused-ring (bicyclic) bond motifs is 1. The molecule has 166 valence electrons. The number of carbonyl (C=O) groups excluding carboxylic acids is 1. The van der Waals surface area contributed by atoms with Crippen molar-refractivity contribution in [3.63, 3.8) is 0 Å². The molecule has 0 radical (unpaired) electrons. The lowest BCUT2D eigenvalue weighted by Gasteiger charge is -2.44. The summed E-state index contributed by atoms with van der Waals surface area (Å²) in [6, 6.07) is 4.01. The van der Waals surface area contributed by atoms with Crippen molar-refractivity contribution in [1.29, 1.82) is 0 Å². The molecule has 1 aliphatic heterocycles. The van der Waals surface area contributed by atoms with Crippen molar-refractivity contribution in [3.8, 4) is 11.5 Å². The minimum Gasteiger partial charge on any atom is -0.494 e. The van der Waals surface area contributed by atoms with Crippen LogP contribution >= 0.6 is 0 Å². The molecule has 0 spiro atoms. The second-order valence-corrected chi connectivity index (χ2v) is 8.20. The fourth-order valence-corrected chi connectivity index (χ4v) is 4.08. The van der Waals surface area contributed by atoms with Gasteiger partial charge in [-0.15, -0.1) is 0 Å². The van der Waals surface area contributed by atoms with Crippen LogP contribution in [0.5, 0.6) is 11.5 Å². The molecule has 1 aromatic heterocycles. The number of aromatic nitrogens is 2. The lowest BCUT2D eigenvalue weighted by atomic mass is 9.83. The van der Waals surface area contributed by atoms with Crippen LogP contribution in [0.2, 0.25) is 0 Å². The number of methoxy groups -OCH3 is 1. The van der Waals surface area contributed by atoms with E-state index in [1.807, 2.05) is 25.8 Å². The standard InChI is InChI=1S/C21H27FN6O3/c1-11-17-18(27(3)12(2)19(29)28(17)4)26-20(24-11)25-13-9-21(23,10-13)31-14-6-7-15(22)16(8-14)30-5/h6-8,12-13H,9-10,23H2,1-5H3,(H,24,25,26)/t12-,13-,21-/m0/s1. The van der Waals surface area contributed by atoms with Crippen molar-refractivity contribution in [2.24, 2.45) is 5.73 Å². The number of nitrogens with zero attached hydrogens (tertiary/aromatic N) is 4. The number of aryl methyl sites for hydroxylation is 1. The Kier molecular flexibility index (Phi) is 5.12. The fraction of sp³-hybridized carbons (Fsp3) is 0.476. The molecule has 1 amide bonds. The Labute approximate surface area is 180 Å². The molecule has 0 unspecified atom stereocenters. The maximum atomic E-state index is 13.6. The molecular weight excluding hydrogens is 403 g/mol. The first-order chi connectivity index (χ1) is 14.6. The van der Waals surface area contributed by atoms with E-state index in [0.717, 1.165) is 5.69 Å². The predicted molar refractivity (Wildman–Crippen MR) is 115 cm³/mol. The third-order valence-corrected chi connectivity index (χ3v) is 5.94. The van der Waals surface area contributed by atoms with E-state index in [-0.39, 0.29) is 23.7 Å². The fourth-order valence-electron chi connectivity index (χ4n) is 4.08. The second-order valence-electron chi connectivity index (χ2n) is 8.20. The summed E-state index contributed by atoms with van der Waals surface area (Å²) in [5.74, 6) is 1.29. The Morgan fingerprint density at radius 1 is 1.29 bits per heavy atom. The van der Waals surface area contributed by atoms with E-state index >= 15 is 0 Å². The van der Waals surface area contributed by atoms with Gasteiger partial charge in [-0.3, -0.25) is 10.5 Å². The zero-order valence-corrected chi connectivity index (χ0v) is 18.3. The first kappa shape index (κ1) is 21.1. The van der Waals surface area contributed by atoms with Crippen molar-refractivity contribution in [1.82, 2.24) is 9.97 Å². The van der Waals surface area contributed by atoms with Crippen LogP contribution in [0.3, 0.4) is 0 Å². The summed E-state index contributed by atoms with van der Waals surface area (Å²) in [6.07, 6.45) is 1.05. The topological polar surface area (TPSA) is 106 Å². The molecule has 1 aromatic carbocycles. The van der Waals surface area contributed by atoms with Crippen molar-refractivity contribution < 1.29 is 18.7 Å². The van der Waals surface area contributed by atoms with Gasteiger partial charge in [-0.2, -0.15) is 4.98 Å². The number of nitrogens with one attached hydrogen (secondary N) is 1. The van der Waals surface area contributed by atoms with E-state index in [1.54, 1.807) is 11.9 Å². The smallest absolute Gasteiger partial charge is 0.249 e. The minimum absolute atomic E-state index is 0.00360. The summed E-state index contributed by atoms with van der Waals surface area (Å²) in [5.41, 5.74) is 6.89. The molecule has 1 fully saturated rings. The van der Waals surface area contributed by atoms with Crippen LogP contribution in [-0.4, -0.2) is 54.9 Å². The van der Waals surface area contributed by atoms with Gasteiger partial charge in [-0.25, -0.2) is 9.37 Å². The zero-order valence-electron chi connectivity index (χ0n) is 18.3. The number of carbonyl (C=O) groups is 1. The Morgan fingerprint density at radius 2 is 2.00 bits per heavy atom. The maximum absolute atomic E-state index is 13.6. The molecule has 2 heterocycles. The van der Waals surface area contributed by atoms with Crippen LogP contribution in [0, 0.1) is 12.7 Å². The average Bonchev–Trinajstić information content (AvgIpc) is 2.70. The number of halogens is 1. The van der Waals surface area contributed by atoms with Crippen LogP contribution in [0.1, 0.15) is 25.5 Å². The highest BCUT2D eigenvalue weighted by Crippen LogP contribution is 2.38. The van der Waals surface area contributed by atoms with Crippen molar-refractivity contribution in [2.75, 3.05) is 36.3 Å². The van der Waals surface area contributed by atoms with Gasteiger partial charge in [0.15, 0.2) is 23.1 Å². The maximum Gasteiger partial charge on any atom is 0.249 e. The molecule has 1 saturated carbocycles. The molecule has 4 rings (SSSR count). The molecule has 0 saturated heterocycles. The molecule has 2 aromatic rings. The van der Waals surface area contributed by atoms with Crippen molar-refractivity contribution >= 4 is 23.4 Å². The molecule has 0 bridgehead atoms. The van der Waals surface area contributed by atoms with Crippen molar-refractivity contribution in [3.05, 3.63) is 29.7 Å². The third kappa shape index (κ3) is 3.71. The Bertz CT molecular complexity index is 1030. The molecule has 10 heteroatoms. The number of likely N-dealkylation sites (N-methyl/N-ethyl adjacent to an activating group) is 2. The monoisotopic (exact) mass is 430 g/mol. The molecular formula is C21H27FN6O3. The van der Waals surface area contributed by atoms with E-state index in [1.165, 1.54) is 25.3 Å². The predicted octanol–water partition coefficient (Wildman–Crippen LogP) is 2.04. The summed E-state index contributed by atoms with van der Waals surface area (Å²) in [5, 5.41) is 3.31. The first-order valence-electron chi connectivity index (χ1n) is 10.1. The molecule has 31 heavy (non-hydrogen) atoms. The van der Waals surface area contributed by atoms with Crippen LogP contribution < -0.4 is 30.3 Å². The summed E-state index contributed by atoms with van der Waals surface area (Å²) in [7, 11) is 4.99. The number of benzene rings is 1. The number of amides is 1. The van der Waals surface area contributed by atoms with Crippen LogP contribution in [-0.2, 0) is 4.79 Å². The largest absolute Gasteiger partial charge is 0.494 e. The molecule has 2 aliphatic rings. The first-order valence-corrected chi connectivity index (χ1v) is 10.1. The lowest BCUT2D eigenvalue weighted by Crippen LogP contribution is -2.61. The molecule has 1 atom stereocenters. The van der Waals surface area contributed by atoms with Crippen LogP contribution in [0.25, 0.3) is 0 Å². The number of ether oxygens (including phenoxy) is 2. The van der Waals surface area contributed by atoms with Crippen LogP contribution in [0.4, 0.5) is 21.8 Å². The van der Waals surface area contributed by atoms with E-state index < -0.39 is 11.5 Å². The van der Waals surface area contributed by atoms with E-state index in [2.05, 4.69) is 15.3 Å². The number of anilines is 3. The van der Waals surface area contributed by atoms with E-state index in [0.29, 0.717) is 36.0 Å². The van der Waals surface area contributed by atoms with Gasteiger partial charge < -0.3 is 24.6 Å². The number of hydrogen-bond acceptors (Lipinski definition) is 8. The zero-order chi connectivity index (χ0) is 22.5.